The Balaban J connectivity index is 2.67. The number of nitrogens with zero attached hydrogens (tertiary/aromatic N) is 1. The van der Waals surface area contributed by atoms with Crippen molar-refractivity contribution in [3.8, 4) is 0 Å². The molecule has 6 heavy (non-hydrogen) atoms. The molecule has 0 saturated heterocycles. The molecule has 1 N–H and O–H groups in total. The first-order valence-corrected chi connectivity index (χ1v) is 1.51. The lowest BCUT2D eigenvalue weighted by molar-refractivity contribution is -0.153. The van der Waals surface area contributed by atoms with Crippen molar-refractivity contribution in [1.82, 2.24) is 5.06 Å². The fourth-order valence-corrected chi connectivity index (χ4v) is 0.202. The average Bonchev–Trinajstić information content (AvgIpc) is 1.61. The maximum absolute atomic E-state index is 9.82. The molecule has 32 valence electrons. The van der Waals surface area contributed by atoms with Gasteiger partial charge in [-0.15, -0.1) is 0 Å². The highest BCUT2D eigenvalue weighted by atomic mass is 16.5. The summed E-state index contributed by atoms with van der Waals surface area (Å²) in [5.74, 6) is -0.352. The van der Waals surface area contributed by atoms with Crippen LogP contribution in [0.15, 0.2) is 12.3 Å². The molecule has 0 aliphatic carbocycles. The second-order valence-corrected chi connectivity index (χ2v) is 0.999. The summed E-state index contributed by atoms with van der Waals surface area (Å²) in [6, 6.07) is 0. The van der Waals surface area contributed by atoms with Crippen molar-refractivity contribution in [2.75, 3.05) is 0 Å². The third-order valence-electron chi connectivity index (χ3n) is 0.584. The lowest BCUT2D eigenvalue weighted by atomic mass is 10.4. The molecule has 0 fully saturated rings. The summed E-state index contributed by atoms with van der Waals surface area (Å²) < 4.78 is 0. The van der Waals surface area contributed by atoms with Gasteiger partial charge in [0.25, 0.3) is 5.91 Å². The van der Waals surface area contributed by atoms with E-state index in [2.05, 4.69) is 0 Å². The number of hydrogen-bond donors (Lipinski definition) is 1. The largest absolute Gasteiger partial charge is 0.281 e. The predicted molar refractivity (Wildman–Crippen MR) is 17.8 cm³/mol. The van der Waals surface area contributed by atoms with Gasteiger partial charge in [0.15, 0.2) is 0 Å². The summed E-state index contributed by atoms with van der Waals surface area (Å²) >= 11 is 0. The minimum absolute atomic E-state index is 0.352. The number of hydroxylamine groups is 2. The molecule has 1 aliphatic rings. The van der Waals surface area contributed by atoms with Crippen LogP contribution in [0.5, 0.6) is 0 Å². The van der Waals surface area contributed by atoms with Crippen LogP contribution in [0.1, 0.15) is 0 Å². The monoisotopic (exact) mass is 85.0 g/mol. The van der Waals surface area contributed by atoms with E-state index in [0.717, 1.165) is 0 Å². The standard InChI is InChI=1S/C3H3NO2/c5-3-1-2-4(3)6/h1-2,6H. The Bertz CT molecular complexity index is 107. The summed E-state index contributed by atoms with van der Waals surface area (Å²) in [7, 11) is 0. The molecule has 1 aliphatic heterocycles. The maximum atomic E-state index is 9.82. The SMILES string of the molecule is O=C1C=CN1O. The normalized spacial score (nSPS) is 18.2. The molecule has 0 atom stereocenters. The summed E-state index contributed by atoms with van der Waals surface area (Å²) in [5.41, 5.74) is 0. The van der Waals surface area contributed by atoms with Crippen molar-refractivity contribution in [3.63, 3.8) is 0 Å². The number of carbonyl (C=O) groups excluding carboxylic acids is 1. The molecule has 0 aromatic rings. The van der Waals surface area contributed by atoms with Crippen molar-refractivity contribution >= 4 is 5.91 Å². The molecular weight excluding hydrogens is 82.0 g/mol. The first-order chi connectivity index (χ1) is 2.80. The van der Waals surface area contributed by atoms with Gasteiger partial charge in [-0.05, 0) is 0 Å². The van der Waals surface area contributed by atoms with E-state index >= 15 is 0 Å². The minimum atomic E-state index is -0.352. The van der Waals surface area contributed by atoms with E-state index in [4.69, 9.17) is 5.21 Å². The molecule has 0 aromatic carbocycles. The van der Waals surface area contributed by atoms with Gasteiger partial charge in [0.1, 0.15) is 0 Å². The van der Waals surface area contributed by atoms with E-state index in [1.807, 2.05) is 0 Å². The van der Waals surface area contributed by atoms with Gasteiger partial charge in [-0.2, -0.15) is 5.06 Å². The third kappa shape index (κ3) is 0.224. The smallest absolute Gasteiger partial charge is 0.275 e. The van der Waals surface area contributed by atoms with Gasteiger partial charge in [0.05, 0.1) is 0 Å². The van der Waals surface area contributed by atoms with Gasteiger partial charge in [-0.25, -0.2) is 0 Å². The van der Waals surface area contributed by atoms with Crippen LogP contribution in [-0.4, -0.2) is 16.2 Å². The molecule has 0 bridgehead atoms. The van der Waals surface area contributed by atoms with Crippen molar-refractivity contribution in [1.29, 1.82) is 0 Å². The van der Waals surface area contributed by atoms with Crippen LogP contribution in [0.25, 0.3) is 0 Å². The van der Waals surface area contributed by atoms with Gasteiger partial charge in [-0.1, -0.05) is 0 Å². The second kappa shape index (κ2) is 0.815. The molecule has 3 heteroatoms. The van der Waals surface area contributed by atoms with Crippen LogP contribution in [0.3, 0.4) is 0 Å². The van der Waals surface area contributed by atoms with Gasteiger partial charge in [-0.3, -0.25) is 10.0 Å². The van der Waals surface area contributed by atoms with Gasteiger partial charge >= 0.3 is 0 Å². The van der Waals surface area contributed by atoms with Gasteiger partial charge < -0.3 is 0 Å². The summed E-state index contributed by atoms with van der Waals surface area (Å²) in [5, 5.41) is 8.64. The van der Waals surface area contributed by atoms with E-state index in [9.17, 15) is 4.79 Å². The van der Waals surface area contributed by atoms with Gasteiger partial charge in [0, 0.05) is 12.3 Å². The van der Waals surface area contributed by atoms with Crippen LogP contribution in [-0.2, 0) is 4.79 Å². The zero-order valence-electron chi connectivity index (χ0n) is 2.96. The highest BCUT2D eigenvalue weighted by Gasteiger charge is 2.10. The second-order valence-electron chi connectivity index (χ2n) is 0.999. The van der Waals surface area contributed by atoms with Gasteiger partial charge in [0.2, 0.25) is 0 Å². The van der Waals surface area contributed by atoms with Crippen LogP contribution in [0, 0.1) is 0 Å². The molecule has 0 saturated carbocycles. The van der Waals surface area contributed by atoms with E-state index in [1.165, 1.54) is 12.3 Å². The van der Waals surface area contributed by atoms with Crippen LogP contribution in [0.2, 0.25) is 0 Å². The number of amides is 1. The highest BCUT2D eigenvalue weighted by molar-refractivity contribution is 5.92. The Morgan fingerprint density at radius 2 is 2.33 bits per heavy atom. The van der Waals surface area contributed by atoms with Crippen LogP contribution >= 0.6 is 0 Å². The van der Waals surface area contributed by atoms with E-state index in [1.54, 1.807) is 0 Å². The Kier molecular flexibility index (Phi) is 0.457. The fourth-order valence-electron chi connectivity index (χ4n) is 0.202. The van der Waals surface area contributed by atoms with Crippen molar-refractivity contribution in [2.45, 2.75) is 0 Å². The molecule has 0 aromatic heterocycles. The molecule has 0 radical (unpaired) electrons. The Morgan fingerprint density at radius 1 is 1.83 bits per heavy atom. The predicted octanol–water partition coefficient (Wildman–Crippen LogP) is -0.269. The van der Waals surface area contributed by atoms with E-state index in [0.29, 0.717) is 5.06 Å². The zero-order valence-corrected chi connectivity index (χ0v) is 2.96. The quantitative estimate of drug-likeness (QED) is 0.411. The van der Waals surface area contributed by atoms with Crippen LogP contribution in [0.4, 0.5) is 0 Å². The highest BCUT2D eigenvalue weighted by Crippen LogP contribution is 1.96. The zero-order chi connectivity index (χ0) is 4.57. The van der Waals surface area contributed by atoms with Crippen molar-refractivity contribution < 1.29 is 10.0 Å². The summed E-state index contributed by atoms with van der Waals surface area (Å²) in [6.45, 7) is 0. The Morgan fingerprint density at radius 3 is 2.33 bits per heavy atom. The topological polar surface area (TPSA) is 40.5 Å². The van der Waals surface area contributed by atoms with Crippen molar-refractivity contribution in [3.05, 3.63) is 12.3 Å². The fraction of sp³-hybridized carbons (Fsp3) is 0. The lowest BCUT2D eigenvalue weighted by Gasteiger charge is -2.12. The number of hydrogen-bond acceptors (Lipinski definition) is 2. The summed E-state index contributed by atoms with van der Waals surface area (Å²) in [4.78, 5) is 9.82. The Labute approximate surface area is 34.4 Å². The molecular formula is C3H3NO2. The molecule has 1 rings (SSSR count). The van der Waals surface area contributed by atoms with Crippen LogP contribution < -0.4 is 0 Å². The average molecular weight is 85.1 g/mol. The first-order valence-electron chi connectivity index (χ1n) is 1.51. The number of rotatable bonds is 0. The molecule has 1 amide bonds. The number of carbonyl (C=O) groups is 1. The molecule has 3 nitrogen and oxygen atoms in total. The molecule has 0 spiro atoms. The molecule has 1 heterocycles. The summed E-state index contributed by atoms with van der Waals surface area (Å²) in [6.07, 6.45) is 2.56. The first kappa shape index (κ1) is 3.36. The lowest BCUT2D eigenvalue weighted by Crippen LogP contribution is -2.26. The third-order valence-corrected chi connectivity index (χ3v) is 0.584. The van der Waals surface area contributed by atoms with Crippen molar-refractivity contribution in [2.24, 2.45) is 0 Å². The minimum Gasteiger partial charge on any atom is -0.281 e. The molecule has 0 unspecified atom stereocenters. The Hall–Kier alpha value is -0.830. The maximum Gasteiger partial charge on any atom is 0.275 e. The van der Waals surface area contributed by atoms with E-state index in [-0.39, 0.29) is 5.91 Å². The van der Waals surface area contributed by atoms with E-state index < -0.39 is 0 Å².